The quantitative estimate of drug-likeness (QED) is 0.268. The molecule has 0 aliphatic carbocycles. The highest BCUT2D eigenvalue weighted by Crippen LogP contribution is 2.34. The van der Waals surface area contributed by atoms with Gasteiger partial charge in [-0.3, -0.25) is 0 Å². The summed E-state index contributed by atoms with van der Waals surface area (Å²) in [5.74, 6) is 1.59. The van der Waals surface area contributed by atoms with Crippen molar-refractivity contribution in [2.45, 2.75) is 46.6 Å². The first-order valence-corrected chi connectivity index (χ1v) is 12.0. The highest BCUT2D eigenvalue weighted by molar-refractivity contribution is 5.75. The number of aromatic nitrogens is 4. The van der Waals surface area contributed by atoms with E-state index in [2.05, 4.69) is 101 Å². The van der Waals surface area contributed by atoms with E-state index < -0.39 is 0 Å². The Morgan fingerprint density at radius 2 is 1.74 bits per heavy atom. The van der Waals surface area contributed by atoms with Crippen LogP contribution in [0.25, 0.3) is 11.1 Å². The number of aliphatic hydroxyl groups is 1. The molecule has 1 heterocycles. The van der Waals surface area contributed by atoms with Gasteiger partial charge in [0, 0.05) is 31.7 Å². The minimum absolute atomic E-state index is 0.141. The highest BCUT2D eigenvalue weighted by Gasteiger charge is 2.13. The standard InChI is InChI=1S/C28H33N5O2/c1-19-16-25(35-15-5-14-34)17-20(2)28(19)26-7-4-6-23(21(26)3)18-29-24-11-8-22(9-12-24)10-13-27-30-32-33-31-27/h4,6-9,11-12,16-17,29,34H,5,10,13-15,18H2,1-3H3,(H,30,31,32,33). The minimum Gasteiger partial charge on any atom is -0.493 e. The molecule has 0 amide bonds. The fourth-order valence-electron chi connectivity index (χ4n) is 4.36. The molecule has 1 aromatic heterocycles. The van der Waals surface area contributed by atoms with Crippen molar-refractivity contribution in [1.82, 2.24) is 20.6 Å². The molecule has 4 aromatic rings. The monoisotopic (exact) mass is 471 g/mol. The molecule has 0 aliphatic rings. The number of nitrogens with one attached hydrogen (secondary N) is 2. The SMILES string of the molecule is Cc1cc(OCCCO)cc(C)c1-c1cccc(CNc2ccc(CCc3nn[nH]n3)cc2)c1C. The molecule has 0 bridgehead atoms. The number of rotatable bonds is 11. The van der Waals surface area contributed by atoms with E-state index in [0.29, 0.717) is 13.0 Å². The molecule has 182 valence electrons. The van der Waals surface area contributed by atoms with Crippen molar-refractivity contribution in [3.63, 3.8) is 0 Å². The van der Waals surface area contributed by atoms with E-state index in [1.54, 1.807) is 0 Å². The number of hydrogen-bond acceptors (Lipinski definition) is 6. The zero-order chi connectivity index (χ0) is 24.6. The predicted molar refractivity (Wildman–Crippen MR) is 139 cm³/mol. The molecule has 3 aromatic carbocycles. The van der Waals surface area contributed by atoms with Gasteiger partial charge in [-0.05, 0) is 90.4 Å². The smallest absolute Gasteiger partial charge is 0.174 e. The third-order valence-electron chi connectivity index (χ3n) is 6.26. The number of aryl methyl sites for hydroxylation is 4. The second-order valence-corrected chi connectivity index (χ2v) is 8.83. The first kappa shape index (κ1) is 24.4. The maximum Gasteiger partial charge on any atom is 0.174 e. The molecule has 0 unspecified atom stereocenters. The summed E-state index contributed by atoms with van der Waals surface area (Å²) in [6.07, 6.45) is 2.28. The molecular weight excluding hydrogens is 438 g/mol. The van der Waals surface area contributed by atoms with Crippen molar-refractivity contribution >= 4 is 5.69 Å². The molecule has 7 heteroatoms. The maximum atomic E-state index is 8.99. The third kappa shape index (κ3) is 6.25. The van der Waals surface area contributed by atoms with Gasteiger partial charge in [0.05, 0.1) is 6.61 Å². The summed E-state index contributed by atoms with van der Waals surface area (Å²) in [6.45, 7) is 7.87. The van der Waals surface area contributed by atoms with Crippen molar-refractivity contribution in [1.29, 1.82) is 0 Å². The zero-order valence-corrected chi connectivity index (χ0v) is 20.6. The second kappa shape index (κ2) is 11.6. The highest BCUT2D eigenvalue weighted by atomic mass is 16.5. The Kier molecular flexibility index (Phi) is 8.11. The van der Waals surface area contributed by atoms with Crippen molar-refractivity contribution < 1.29 is 9.84 Å². The van der Waals surface area contributed by atoms with Gasteiger partial charge < -0.3 is 15.2 Å². The molecule has 0 saturated carbocycles. The summed E-state index contributed by atoms with van der Waals surface area (Å²) in [6, 6.07) is 19.2. The van der Waals surface area contributed by atoms with Gasteiger partial charge in [-0.25, -0.2) is 0 Å². The minimum atomic E-state index is 0.141. The lowest BCUT2D eigenvalue weighted by atomic mass is 9.90. The predicted octanol–water partition coefficient (Wildman–Crippen LogP) is 4.95. The van der Waals surface area contributed by atoms with Crippen LogP contribution in [0.3, 0.4) is 0 Å². The number of anilines is 1. The molecule has 35 heavy (non-hydrogen) atoms. The lowest BCUT2D eigenvalue weighted by Gasteiger charge is -2.18. The van der Waals surface area contributed by atoms with E-state index in [1.165, 1.54) is 38.9 Å². The molecule has 7 nitrogen and oxygen atoms in total. The summed E-state index contributed by atoms with van der Waals surface area (Å²) in [5, 5.41) is 26.7. The average Bonchev–Trinajstić information content (AvgIpc) is 3.37. The van der Waals surface area contributed by atoms with E-state index >= 15 is 0 Å². The molecule has 0 spiro atoms. The summed E-state index contributed by atoms with van der Waals surface area (Å²) in [4.78, 5) is 0. The van der Waals surface area contributed by atoms with Crippen LogP contribution in [0.15, 0.2) is 54.6 Å². The Bertz CT molecular complexity index is 1210. The fourth-order valence-corrected chi connectivity index (χ4v) is 4.36. The van der Waals surface area contributed by atoms with Crippen molar-refractivity contribution in [3.05, 3.63) is 88.2 Å². The van der Waals surface area contributed by atoms with Crippen LogP contribution in [0.1, 0.15) is 40.1 Å². The van der Waals surface area contributed by atoms with Crippen LogP contribution in [0.4, 0.5) is 5.69 Å². The first-order valence-electron chi connectivity index (χ1n) is 12.0. The number of benzene rings is 3. The van der Waals surface area contributed by atoms with Gasteiger partial charge in [0.2, 0.25) is 0 Å². The Morgan fingerprint density at radius 3 is 2.43 bits per heavy atom. The van der Waals surface area contributed by atoms with Crippen molar-refractivity contribution in [2.75, 3.05) is 18.5 Å². The van der Waals surface area contributed by atoms with Gasteiger partial charge in [0.25, 0.3) is 0 Å². The van der Waals surface area contributed by atoms with E-state index in [-0.39, 0.29) is 6.61 Å². The topological polar surface area (TPSA) is 96.0 Å². The molecule has 0 radical (unpaired) electrons. The van der Waals surface area contributed by atoms with Gasteiger partial charge in [-0.1, -0.05) is 35.5 Å². The van der Waals surface area contributed by atoms with Crippen LogP contribution < -0.4 is 10.1 Å². The molecular formula is C28H33N5O2. The molecule has 0 atom stereocenters. The Labute approximate surface area is 206 Å². The Morgan fingerprint density at radius 1 is 0.971 bits per heavy atom. The number of hydrogen-bond donors (Lipinski definition) is 3. The average molecular weight is 472 g/mol. The lowest BCUT2D eigenvalue weighted by Crippen LogP contribution is -2.04. The van der Waals surface area contributed by atoms with Crippen molar-refractivity contribution in [2.24, 2.45) is 0 Å². The van der Waals surface area contributed by atoms with Gasteiger partial charge in [0.1, 0.15) is 5.75 Å². The van der Waals surface area contributed by atoms with Crippen LogP contribution in [-0.2, 0) is 19.4 Å². The second-order valence-electron chi connectivity index (χ2n) is 8.83. The molecule has 4 rings (SSSR count). The largest absolute Gasteiger partial charge is 0.493 e. The number of nitrogens with zero attached hydrogens (tertiary/aromatic N) is 3. The fraction of sp³-hybridized carbons (Fsp3) is 0.321. The number of ether oxygens (including phenoxy) is 1. The number of tetrazole rings is 1. The molecule has 0 saturated heterocycles. The lowest BCUT2D eigenvalue weighted by molar-refractivity contribution is 0.233. The van der Waals surface area contributed by atoms with Crippen LogP contribution in [0.5, 0.6) is 5.75 Å². The summed E-state index contributed by atoms with van der Waals surface area (Å²) in [5.41, 5.74) is 9.76. The van der Waals surface area contributed by atoms with Gasteiger partial charge in [-0.15, -0.1) is 10.2 Å². The van der Waals surface area contributed by atoms with Crippen LogP contribution in [0.2, 0.25) is 0 Å². The molecule has 3 N–H and O–H groups in total. The zero-order valence-electron chi connectivity index (χ0n) is 20.6. The van der Waals surface area contributed by atoms with Gasteiger partial charge >= 0.3 is 0 Å². The normalized spacial score (nSPS) is 11.0. The van der Waals surface area contributed by atoms with E-state index in [1.807, 2.05) is 0 Å². The summed E-state index contributed by atoms with van der Waals surface area (Å²) in [7, 11) is 0. The third-order valence-corrected chi connectivity index (χ3v) is 6.26. The maximum absolute atomic E-state index is 8.99. The number of aliphatic hydroxyl groups excluding tert-OH is 1. The van der Waals surface area contributed by atoms with Crippen molar-refractivity contribution in [3.8, 4) is 16.9 Å². The number of aromatic amines is 1. The van der Waals surface area contributed by atoms with Crippen LogP contribution >= 0.6 is 0 Å². The van der Waals surface area contributed by atoms with E-state index in [4.69, 9.17) is 9.84 Å². The number of H-pyrrole nitrogens is 1. The van der Waals surface area contributed by atoms with E-state index in [9.17, 15) is 0 Å². The molecule has 0 fully saturated rings. The Balaban J connectivity index is 1.43. The summed E-state index contributed by atoms with van der Waals surface area (Å²) >= 11 is 0. The van der Waals surface area contributed by atoms with E-state index in [0.717, 1.165) is 36.6 Å². The van der Waals surface area contributed by atoms with Crippen LogP contribution in [0, 0.1) is 20.8 Å². The Hall–Kier alpha value is -3.71. The molecule has 0 aliphatic heterocycles. The first-order chi connectivity index (χ1) is 17.0. The summed E-state index contributed by atoms with van der Waals surface area (Å²) < 4.78 is 5.80. The van der Waals surface area contributed by atoms with Gasteiger partial charge in [-0.2, -0.15) is 5.21 Å². The van der Waals surface area contributed by atoms with Gasteiger partial charge in [0.15, 0.2) is 5.82 Å². The van der Waals surface area contributed by atoms with Crippen LogP contribution in [-0.4, -0.2) is 38.9 Å².